The van der Waals surface area contributed by atoms with Gasteiger partial charge in [0.2, 0.25) is 10.0 Å². The maximum absolute atomic E-state index is 12.5. The van der Waals surface area contributed by atoms with Gasteiger partial charge in [-0.05, 0) is 26.0 Å². The van der Waals surface area contributed by atoms with Crippen molar-refractivity contribution in [3.05, 3.63) is 46.8 Å². The molecule has 0 aliphatic carbocycles. The first-order valence-electron chi connectivity index (χ1n) is 8.38. The minimum atomic E-state index is -3.64. The summed E-state index contributed by atoms with van der Waals surface area (Å²) in [5.74, 6) is 3.26. The van der Waals surface area contributed by atoms with E-state index in [2.05, 4.69) is 15.8 Å². The third-order valence-electron chi connectivity index (χ3n) is 3.57. The lowest BCUT2D eigenvalue weighted by molar-refractivity contribution is 0.375. The highest BCUT2D eigenvalue weighted by Gasteiger charge is 2.24. The summed E-state index contributed by atoms with van der Waals surface area (Å²) in [7, 11) is -3.64. The molecule has 0 radical (unpaired) electrons. The van der Waals surface area contributed by atoms with Crippen molar-refractivity contribution >= 4 is 10.0 Å². The first-order chi connectivity index (χ1) is 11.9. The fraction of sp³-hybridized carbons (Fsp3) is 0.450. The van der Waals surface area contributed by atoms with Crippen LogP contribution in [-0.2, 0) is 22.9 Å². The van der Waals surface area contributed by atoms with Crippen LogP contribution in [0, 0.1) is 19.3 Å². The minimum absolute atomic E-state index is 0. The van der Waals surface area contributed by atoms with Crippen molar-refractivity contribution in [2.24, 2.45) is 0 Å². The van der Waals surface area contributed by atoms with Crippen LogP contribution in [0.25, 0.3) is 0 Å². The third kappa shape index (κ3) is 5.72. The molecule has 0 saturated carbocycles. The largest absolute Gasteiger partial charge is 0.361 e. The number of hydrogen-bond donors (Lipinski definition) is 1. The Morgan fingerprint density at radius 3 is 2.35 bits per heavy atom. The Balaban J connectivity index is 0.00000201. The second-order valence-electron chi connectivity index (χ2n) is 5.36. The lowest BCUT2D eigenvalue weighted by Gasteiger charge is -2.13. The van der Waals surface area contributed by atoms with Crippen LogP contribution < -0.4 is 4.72 Å². The lowest BCUT2D eigenvalue weighted by Crippen LogP contribution is -2.27. The van der Waals surface area contributed by atoms with E-state index in [9.17, 15) is 8.42 Å². The van der Waals surface area contributed by atoms with Crippen molar-refractivity contribution in [2.75, 3.05) is 0 Å². The Kier molecular flexibility index (Phi) is 9.92. The normalized spacial score (nSPS) is 11.5. The van der Waals surface area contributed by atoms with Gasteiger partial charge in [-0.15, -0.1) is 12.3 Å². The smallest absolute Gasteiger partial charge is 0.241 e. The molecule has 5 nitrogen and oxygen atoms in total. The average Bonchev–Trinajstić information content (AvgIpc) is 3.00. The monoisotopic (exact) mass is 378 g/mol. The van der Waals surface area contributed by atoms with Crippen LogP contribution in [0.3, 0.4) is 0 Å². The van der Waals surface area contributed by atoms with Gasteiger partial charge in [0.1, 0.15) is 11.5 Å². The number of rotatable bonds is 6. The van der Waals surface area contributed by atoms with Gasteiger partial charge in [0.25, 0.3) is 0 Å². The van der Waals surface area contributed by atoms with Crippen LogP contribution in [0.5, 0.6) is 0 Å². The number of aromatic nitrogens is 1. The highest BCUT2D eigenvalue weighted by atomic mass is 32.2. The number of sulfonamides is 1. The number of benzene rings is 1. The van der Waals surface area contributed by atoms with Crippen LogP contribution in [0.4, 0.5) is 0 Å². The standard InChI is InChI=1S/C17H20N2O3S.C2H6.CH4/c1-5-7-15-16(6-2)22-18-17(15)13(4)19-23(20,21)14-10-8-12(3)9-11-14;1-2;/h1,8-11,13,19H,6-7H2,2-4H3;1-2H3;1H4. The first kappa shape index (κ1) is 23.9. The van der Waals surface area contributed by atoms with Crippen molar-refractivity contribution in [3.8, 4) is 12.3 Å². The maximum atomic E-state index is 12.5. The molecule has 0 aliphatic rings. The van der Waals surface area contributed by atoms with E-state index in [1.807, 2.05) is 27.7 Å². The summed E-state index contributed by atoms with van der Waals surface area (Å²) in [6, 6.07) is 6.14. The lowest BCUT2D eigenvalue weighted by atomic mass is 10.1. The Morgan fingerprint density at radius 2 is 1.85 bits per heavy atom. The van der Waals surface area contributed by atoms with Gasteiger partial charge in [0, 0.05) is 18.4 Å². The number of hydrogen-bond acceptors (Lipinski definition) is 4. The number of terminal acetylenes is 1. The van der Waals surface area contributed by atoms with Gasteiger partial charge in [0.05, 0.1) is 10.9 Å². The average molecular weight is 379 g/mol. The van der Waals surface area contributed by atoms with Gasteiger partial charge in [0.15, 0.2) is 0 Å². The molecule has 26 heavy (non-hydrogen) atoms. The van der Waals surface area contributed by atoms with E-state index in [-0.39, 0.29) is 12.3 Å². The molecule has 6 heteroatoms. The van der Waals surface area contributed by atoms with Crippen molar-refractivity contribution in [1.29, 1.82) is 0 Å². The van der Waals surface area contributed by atoms with Gasteiger partial charge in [-0.2, -0.15) is 0 Å². The van der Waals surface area contributed by atoms with Gasteiger partial charge in [-0.25, -0.2) is 13.1 Å². The zero-order chi connectivity index (χ0) is 19.0. The molecule has 1 unspecified atom stereocenters. The highest BCUT2D eigenvalue weighted by Crippen LogP contribution is 2.23. The molecule has 0 bridgehead atoms. The molecule has 0 aliphatic heterocycles. The van der Waals surface area contributed by atoms with Crippen LogP contribution >= 0.6 is 0 Å². The summed E-state index contributed by atoms with van der Waals surface area (Å²) in [6.45, 7) is 9.56. The molecule has 0 spiro atoms. The second-order valence-corrected chi connectivity index (χ2v) is 7.07. The van der Waals surface area contributed by atoms with Crippen LogP contribution in [0.15, 0.2) is 33.7 Å². The van der Waals surface area contributed by atoms with Gasteiger partial charge < -0.3 is 4.52 Å². The minimum Gasteiger partial charge on any atom is -0.361 e. The molecule has 1 atom stereocenters. The molecule has 0 amide bonds. The van der Waals surface area contributed by atoms with Gasteiger partial charge in [-0.3, -0.25) is 0 Å². The molecule has 2 aromatic rings. The molecule has 0 saturated heterocycles. The maximum Gasteiger partial charge on any atom is 0.241 e. The zero-order valence-corrected chi connectivity index (χ0v) is 16.3. The molecular weight excluding hydrogens is 348 g/mol. The molecule has 2 rings (SSSR count). The van der Waals surface area contributed by atoms with E-state index < -0.39 is 16.1 Å². The zero-order valence-electron chi connectivity index (χ0n) is 15.5. The Morgan fingerprint density at radius 1 is 1.27 bits per heavy atom. The van der Waals surface area contributed by atoms with E-state index in [1.165, 1.54) is 0 Å². The summed E-state index contributed by atoms with van der Waals surface area (Å²) in [6.07, 6.45) is 6.40. The molecule has 144 valence electrons. The summed E-state index contributed by atoms with van der Waals surface area (Å²) in [4.78, 5) is 0.215. The first-order valence-corrected chi connectivity index (χ1v) is 9.87. The van der Waals surface area contributed by atoms with Crippen LogP contribution in [0.2, 0.25) is 0 Å². The summed E-state index contributed by atoms with van der Waals surface area (Å²) >= 11 is 0. The SMILES string of the molecule is C.C#CCc1c(C(C)NS(=O)(=O)c2ccc(C)cc2)noc1CC.CC. The highest BCUT2D eigenvalue weighted by molar-refractivity contribution is 7.89. The van der Waals surface area contributed by atoms with Gasteiger partial charge in [-0.1, -0.05) is 51.1 Å². The molecular formula is C20H30N2O3S. The summed E-state index contributed by atoms with van der Waals surface area (Å²) in [5.41, 5.74) is 2.32. The number of nitrogens with zero attached hydrogens (tertiary/aromatic N) is 1. The fourth-order valence-electron chi connectivity index (χ4n) is 2.34. The predicted octanol–water partition coefficient (Wildman–Crippen LogP) is 4.42. The molecule has 0 fully saturated rings. The summed E-state index contributed by atoms with van der Waals surface area (Å²) < 4.78 is 32.8. The number of aryl methyl sites for hydroxylation is 2. The molecule has 1 heterocycles. The van der Waals surface area contributed by atoms with E-state index in [0.29, 0.717) is 24.3 Å². The molecule has 1 aromatic heterocycles. The Bertz CT molecular complexity index is 816. The van der Waals surface area contributed by atoms with E-state index in [4.69, 9.17) is 10.9 Å². The van der Waals surface area contributed by atoms with Crippen LogP contribution in [-0.4, -0.2) is 13.6 Å². The van der Waals surface area contributed by atoms with Crippen LogP contribution in [0.1, 0.15) is 63.7 Å². The van der Waals surface area contributed by atoms with E-state index >= 15 is 0 Å². The second kappa shape index (κ2) is 10.8. The van der Waals surface area contributed by atoms with E-state index in [0.717, 1.165) is 11.1 Å². The predicted molar refractivity (Wildman–Crippen MR) is 106 cm³/mol. The summed E-state index contributed by atoms with van der Waals surface area (Å²) in [5, 5.41) is 4.00. The Hall–Kier alpha value is -2.10. The fourth-order valence-corrected chi connectivity index (χ4v) is 3.55. The van der Waals surface area contributed by atoms with Crippen molar-refractivity contribution in [3.63, 3.8) is 0 Å². The van der Waals surface area contributed by atoms with Crippen molar-refractivity contribution < 1.29 is 12.9 Å². The van der Waals surface area contributed by atoms with E-state index in [1.54, 1.807) is 31.2 Å². The Labute approximate surface area is 158 Å². The topological polar surface area (TPSA) is 72.2 Å². The molecule has 1 N–H and O–H groups in total. The molecule has 1 aromatic carbocycles. The van der Waals surface area contributed by atoms with Gasteiger partial charge >= 0.3 is 0 Å². The third-order valence-corrected chi connectivity index (χ3v) is 5.13. The van der Waals surface area contributed by atoms with Crippen molar-refractivity contribution in [1.82, 2.24) is 9.88 Å². The number of nitrogens with one attached hydrogen (secondary N) is 1. The van der Waals surface area contributed by atoms with Crippen molar-refractivity contribution in [2.45, 2.75) is 65.8 Å². The quantitative estimate of drug-likeness (QED) is 0.755.